The second-order valence-electron chi connectivity index (χ2n) is 5.39. The molecule has 0 saturated carbocycles. The van der Waals surface area contributed by atoms with Crippen LogP contribution in [0.5, 0.6) is 11.5 Å². The maximum absolute atomic E-state index is 12.0. The van der Waals surface area contributed by atoms with Gasteiger partial charge in [0.25, 0.3) is 0 Å². The van der Waals surface area contributed by atoms with E-state index < -0.39 is 0 Å². The summed E-state index contributed by atoms with van der Waals surface area (Å²) in [6.45, 7) is 2.48. The fourth-order valence-electron chi connectivity index (χ4n) is 2.49. The van der Waals surface area contributed by atoms with Crippen molar-refractivity contribution in [1.29, 1.82) is 0 Å². The van der Waals surface area contributed by atoms with Crippen molar-refractivity contribution in [3.05, 3.63) is 59.2 Å². The van der Waals surface area contributed by atoms with Gasteiger partial charge in [0, 0.05) is 18.5 Å². The van der Waals surface area contributed by atoms with E-state index in [2.05, 4.69) is 11.4 Å². The van der Waals surface area contributed by atoms with Gasteiger partial charge in [-0.2, -0.15) is 0 Å². The quantitative estimate of drug-likeness (QED) is 0.853. The van der Waals surface area contributed by atoms with Crippen LogP contribution in [0.15, 0.2) is 42.5 Å². The standard InChI is InChI=1S/C19H23NO3/c1-14-12-15(8-10-17(14)22-2)9-11-19(21)20-13-16-6-4-5-7-18(16)23-3/h4-8,10,12H,9,11,13H2,1-3H3,(H,20,21). The molecule has 2 rings (SSSR count). The predicted octanol–water partition coefficient (Wildman–Crippen LogP) is 3.26. The van der Waals surface area contributed by atoms with E-state index in [4.69, 9.17) is 9.47 Å². The Morgan fingerprint density at radius 3 is 2.48 bits per heavy atom. The molecule has 2 aromatic rings. The lowest BCUT2D eigenvalue weighted by Crippen LogP contribution is -2.23. The highest BCUT2D eigenvalue weighted by molar-refractivity contribution is 5.76. The van der Waals surface area contributed by atoms with Crippen LogP contribution in [-0.4, -0.2) is 20.1 Å². The van der Waals surface area contributed by atoms with Gasteiger partial charge in [0.1, 0.15) is 11.5 Å². The van der Waals surface area contributed by atoms with Crippen LogP contribution < -0.4 is 14.8 Å². The molecule has 0 radical (unpaired) electrons. The predicted molar refractivity (Wildman–Crippen MR) is 90.9 cm³/mol. The van der Waals surface area contributed by atoms with Crippen LogP contribution in [0.2, 0.25) is 0 Å². The molecule has 0 bridgehead atoms. The SMILES string of the molecule is COc1ccc(CCC(=O)NCc2ccccc2OC)cc1C. The summed E-state index contributed by atoms with van der Waals surface area (Å²) in [5, 5.41) is 2.94. The molecule has 0 spiro atoms. The molecule has 0 fully saturated rings. The Hall–Kier alpha value is -2.49. The third-order valence-electron chi connectivity index (χ3n) is 3.77. The lowest BCUT2D eigenvalue weighted by molar-refractivity contribution is -0.121. The first-order valence-corrected chi connectivity index (χ1v) is 7.66. The van der Waals surface area contributed by atoms with Crippen molar-refractivity contribution in [2.45, 2.75) is 26.3 Å². The first-order valence-electron chi connectivity index (χ1n) is 7.66. The molecule has 0 unspecified atom stereocenters. The topological polar surface area (TPSA) is 47.6 Å². The molecule has 4 nitrogen and oxygen atoms in total. The van der Waals surface area contributed by atoms with Crippen LogP contribution in [0.1, 0.15) is 23.1 Å². The van der Waals surface area contributed by atoms with Gasteiger partial charge < -0.3 is 14.8 Å². The maximum atomic E-state index is 12.0. The number of carbonyl (C=O) groups excluding carboxylic acids is 1. The summed E-state index contributed by atoms with van der Waals surface area (Å²) in [5.74, 6) is 1.69. The first kappa shape index (κ1) is 16.9. The number of nitrogens with one attached hydrogen (secondary N) is 1. The van der Waals surface area contributed by atoms with Crippen molar-refractivity contribution in [1.82, 2.24) is 5.32 Å². The van der Waals surface area contributed by atoms with Crippen molar-refractivity contribution in [3.63, 3.8) is 0 Å². The van der Waals surface area contributed by atoms with Gasteiger partial charge in [-0.15, -0.1) is 0 Å². The van der Waals surface area contributed by atoms with Gasteiger partial charge in [-0.3, -0.25) is 4.79 Å². The number of ether oxygens (including phenoxy) is 2. The van der Waals surface area contributed by atoms with Gasteiger partial charge in [0.15, 0.2) is 0 Å². The largest absolute Gasteiger partial charge is 0.496 e. The van der Waals surface area contributed by atoms with Crippen LogP contribution in [-0.2, 0) is 17.8 Å². The zero-order valence-electron chi connectivity index (χ0n) is 13.9. The molecular formula is C19H23NO3. The van der Waals surface area contributed by atoms with Gasteiger partial charge in [-0.1, -0.05) is 30.3 Å². The minimum atomic E-state index is 0.0318. The second-order valence-corrected chi connectivity index (χ2v) is 5.39. The fourth-order valence-corrected chi connectivity index (χ4v) is 2.49. The molecule has 1 N–H and O–H groups in total. The van der Waals surface area contributed by atoms with E-state index in [-0.39, 0.29) is 5.91 Å². The zero-order valence-corrected chi connectivity index (χ0v) is 13.9. The van der Waals surface area contributed by atoms with Crippen molar-refractivity contribution < 1.29 is 14.3 Å². The monoisotopic (exact) mass is 313 g/mol. The van der Waals surface area contributed by atoms with Gasteiger partial charge in [0.05, 0.1) is 14.2 Å². The summed E-state index contributed by atoms with van der Waals surface area (Å²) in [6, 6.07) is 13.7. The number of benzene rings is 2. The molecule has 0 saturated heterocycles. The number of aryl methyl sites for hydroxylation is 2. The van der Waals surface area contributed by atoms with Gasteiger partial charge in [0.2, 0.25) is 5.91 Å². The van der Waals surface area contributed by atoms with Crippen LogP contribution in [0, 0.1) is 6.92 Å². The van der Waals surface area contributed by atoms with E-state index in [1.807, 2.05) is 43.3 Å². The summed E-state index contributed by atoms with van der Waals surface area (Å²) < 4.78 is 10.5. The minimum Gasteiger partial charge on any atom is -0.496 e. The van der Waals surface area contributed by atoms with E-state index in [1.165, 1.54) is 0 Å². The lowest BCUT2D eigenvalue weighted by atomic mass is 10.1. The third-order valence-corrected chi connectivity index (χ3v) is 3.77. The molecular weight excluding hydrogens is 290 g/mol. The Bertz CT molecular complexity index is 667. The zero-order chi connectivity index (χ0) is 16.7. The Labute approximate surface area is 137 Å². The molecule has 2 aromatic carbocycles. The van der Waals surface area contributed by atoms with Crippen molar-refractivity contribution in [2.75, 3.05) is 14.2 Å². The van der Waals surface area contributed by atoms with E-state index in [0.29, 0.717) is 19.4 Å². The first-order chi connectivity index (χ1) is 11.1. The number of amides is 1. The lowest BCUT2D eigenvalue weighted by Gasteiger charge is -2.10. The number of para-hydroxylation sites is 1. The van der Waals surface area contributed by atoms with Crippen molar-refractivity contribution >= 4 is 5.91 Å². The highest BCUT2D eigenvalue weighted by Crippen LogP contribution is 2.19. The molecule has 0 atom stereocenters. The molecule has 0 aromatic heterocycles. The third kappa shape index (κ3) is 4.74. The molecule has 122 valence electrons. The van der Waals surface area contributed by atoms with E-state index in [9.17, 15) is 4.79 Å². The maximum Gasteiger partial charge on any atom is 0.220 e. The van der Waals surface area contributed by atoms with E-state index >= 15 is 0 Å². The van der Waals surface area contributed by atoms with E-state index in [0.717, 1.165) is 28.2 Å². The fraction of sp³-hybridized carbons (Fsp3) is 0.316. The molecule has 0 aliphatic carbocycles. The molecule has 0 aliphatic rings. The number of carbonyl (C=O) groups is 1. The summed E-state index contributed by atoms with van der Waals surface area (Å²) in [7, 11) is 3.29. The van der Waals surface area contributed by atoms with Crippen LogP contribution in [0.4, 0.5) is 0 Å². The highest BCUT2D eigenvalue weighted by Gasteiger charge is 2.06. The average Bonchev–Trinajstić information content (AvgIpc) is 2.58. The summed E-state index contributed by atoms with van der Waals surface area (Å²) in [5.41, 5.74) is 3.19. The Kier molecular flexibility index (Phi) is 6.03. The molecule has 0 aliphatic heterocycles. The summed E-state index contributed by atoms with van der Waals surface area (Å²) in [6.07, 6.45) is 1.17. The van der Waals surface area contributed by atoms with Crippen LogP contribution in [0.3, 0.4) is 0 Å². The second kappa shape index (κ2) is 8.22. The summed E-state index contributed by atoms with van der Waals surface area (Å²) in [4.78, 5) is 12.0. The van der Waals surface area contributed by atoms with Crippen molar-refractivity contribution in [3.8, 4) is 11.5 Å². The molecule has 0 heterocycles. The molecule has 4 heteroatoms. The van der Waals surface area contributed by atoms with E-state index in [1.54, 1.807) is 14.2 Å². The molecule has 23 heavy (non-hydrogen) atoms. The summed E-state index contributed by atoms with van der Waals surface area (Å²) >= 11 is 0. The number of hydrogen-bond acceptors (Lipinski definition) is 3. The van der Waals surface area contributed by atoms with Crippen LogP contribution in [0.25, 0.3) is 0 Å². The van der Waals surface area contributed by atoms with Gasteiger partial charge >= 0.3 is 0 Å². The molecule has 1 amide bonds. The Balaban J connectivity index is 1.84. The minimum absolute atomic E-state index is 0.0318. The Morgan fingerprint density at radius 2 is 1.78 bits per heavy atom. The van der Waals surface area contributed by atoms with Gasteiger partial charge in [-0.05, 0) is 36.6 Å². The number of methoxy groups -OCH3 is 2. The number of hydrogen-bond donors (Lipinski definition) is 1. The Morgan fingerprint density at radius 1 is 1.04 bits per heavy atom. The number of rotatable bonds is 7. The van der Waals surface area contributed by atoms with Crippen molar-refractivity contribution in [2.24, 2.45) is 0 Å². The highest BCUT2D eigenvalue weighted by atomic mass is 16.5. The smallest absolute Gasteiger partial charge is 0.220 e. The van der Waals surface area contributed by atoms with Gasteiger partial charge in [-0.25, -0.2) is 0 Å². The van der Waals surface area contributed by atoms with Crippen LogP contribution >= 0.6 is 0 Å². The average molecular weight is 313 g/mol. The normalized spacial score (nSPS) is 10.2.